The Labute approximate surface area is 88.7 Å². The van der Waals surface area contributed by atoms with Gasteiger partial charge in [0.2, 0.25) is 0 Å². The number of hydrogen-bond acceptors (Lipinski definition) is 1. The molecule has 0 aromatic heterocycles. The molecule has 2 rings (SSSR count). The van der Waals surface area contributed by atoms with Gasteiger partial charge in [-0.1, -0.05) is 26.2 Å². The lowest BCUT2D eigenvalue weighted by atomic mass is 9.81. The van der Waals surface area contributed by atoms with Gasteiger partial charge in [-0.3, -0.25) is 0 Å². The van der Waals surface area contributed by atoms with Gasteiger partial charge in [-0.25, -0.2) is 0 Å². The maximum atomic E-state index is 3.74. The Morgan fingerprint density at radius 3 is 2.50 bits per heavy atom. The van der Waals surface area contributed by atoms with Crippen LogP contribution < -0.4 is 5.32 Å². The zero-order valence-corrected chi connectivity index (χ0v) is 9.81. The summed E-state index contributed by atoms with van der Waals surface area (Å²) in [5, 5.41) is 3.74. The molecule has 0 bridgehead atoms. The van der Waals surface area contributed by atoms with Gasteiger partial charge in [-0.15, -0.1) is 0 Å². The molecule has 0 aromatic rings. The van der Waals surface area contributed by atoms with Crippen LogP contribution in [0.1, 0.15) is 58.8 Å². The second-order valence-electron chi connectivity index (χ2n) is 5.67. The molecule has 1 heteroatoms. The second-order valence-corrected chi connectivity index (χ2v) is 5.67. The molecule has 0 aliphatic heterocycles. The highest BCUT2D eigenvalue weighted by Gasteiger charge is 2.40. The van der Waals surface area contributed by atoms with Crippen LogP contribution in [-0.2, 0) is 0 Å². The summed E-state index contributed by atoms with van der Waals surface area (Å²) in [6, 6.07) is 0.754. The first kappa shape index (κ1) is 10.5. The van der Waals surface area contributed by atoms with E-state index in [4.69, 9.17) is 0 Å². The standard InChI is InChI=1S/C13H25N/c1-3-13(7-8-13)10-14-11(2)9-12-5-4-6-12/h11-12,14H,3-10H2,1-2H3. The Balaban J connectivity index is 1.59. The molecule has 2 aliphatic carbocycles. The molecule has 1 nitrogen and oxygen atoms in total. The molecule has 1 unspecified atom stereocenters. The van der Waals surface area contributed by atoms with Gasteiger partial charge in [0, 0.05) is 12.6 Å². The predicted octanol–water partition coefficient (Wildman–Crippen LogP) is 3.34. The minimum atomic E-state index is 0.716. The maximum absolute atomic E-state index is 3.74. The van der Waals surface area contributed by atoms with Crippen LogP contribution in [0.15, 0.2) is 0 Å². The van der Waals surface area contributed by atoms with E-state index in [0.717, 1.165) is 12.0 Å². The van der Waals surface area contributed by atoms with Crippen molar-refractivity contribution in [2.24, 2.45) is 11.3 Å². The molecule has 2 aliphatic rings. The van der Waals surface area contributed by atoms with E-state index in [-0.39, 0.29) is 0 Å². The van der Waals surface area contributed by atoms with Gasteiger partial charge in [0.1, 0.15) is 0 Å². The Morgan fingerprint density at radius 1 is 1.36 bits per heavy atom. The van der Waals surface area contributed by atoms with Gasteiger partial charge in [0.15, 0.2) is 0 Å². The highest BCUT2D eigenvalue weighted by molar-refractivity contribution is 4.94. The van der Waals surface area contributed by atoms with Crippen LogP contribution in [0.3, 0.4) is 0 Å². The lowest BCUT2D eigenvalue weighted by Gasteiger charge is -2.29. The first-order valence-corrected chi connectivity index (χ1v) is 6.47. The van der Waals surface area contributed by atoms with E-state index in [2.05, 4.69) is 19.2 Å². The van der Waals surface area contributed by atoms with Gasteiger partial charge in [-0.05, 0) is 43.9 Å². The molecule has 2 saturated carbocycles. The van der Waals surface area contributed by atoms with Gasteiger partial charge in [0.25, 0.3) is 0 Å². The second kappa shape index (κ2) is 4.22. The van der Waals surface area contributed by atoms with Gasteiger partial charge in [0.05, 0.1) is 0 Å². The summed E-state index contributed by atoms with van der Waals surface area (Å²) < 4.78 is 0. The van der Waals surface area contributed by atoms with Crippen molar-refractivity contribution in [1.29, 1.82) is 0 Å². The van der Waals surface area contributed by atoms with E-state index in [1.807, 2.05) is 0 Å². The lowest BCUT2D eigenvalue weighted by molar-refractivity contribution is 0.259. The Hall–Kier alpha value is -0.0400. The van der Waals surface area contributed by atoms with E-state index in [1.54, 1.807) is 0 Å². The molecule has 0 amide bonds. The molecule has 82 valence electrons. The lowest BCUT2D eigenvalue weighted by Crippen LogP contribution is -2.34. The average Bonchev–Trinajstić information content (AvgIpc) is 2.89. The molecule has 1 N–H and O–H groups in total. The summed E-state index contributed by atoms with van der Waals surface area (Å²) in [6.07, 6.45) is 10.2. The third-order valence-corrected chi connectivity index (χ3v) is 4.44. The largest absolute Gasteiger partial charge is 0.314 e. The predicted molar refractivity (Wildman–Crippen MR) is 61.4 cm³/mol. The first-order chi connectivity index (χ1) is 6.74. The Morgan fingerprint density at radius 2 is 2.07 bits per heavy atom. The molecule has 0 radical (unpaired) electrons. The van der Waals surface area contributed by atoms with E-state index in [1.165, 1.54) is 51.5 Å². The Bertz CT molecular complexity index is 180. The minimum Gasteiger partial charge on any atom is -0.314 e. The normalized spacial score (nSPS) is 27.0. The monoisotopic (exact) mass is 195 g/mol. The number of rotatable bonds is 6. The molecule has 0 heterocycles. The van der Waals surface area contributed by atoms with Crippen LogP contribution in [0.2, 0.25) is 0 Å². The Kier molecular flexibility index (Phi) is 3.16. The third kappa shape index (κ3) is 2.50. The van der Waals surface area contributed by atoms with Crippen LogP contribution in [0.5, 0.6) is 0 Å². The zero-order valence-electron chi connectivity index (χ0n) is 9.81. The summed E-state index contributed by atoms with van der Waals surface area (Å²) in [5.74, 6) is 1.05. The van der Waals surface area contributed by atoms with Gasteiger partial charge in [-0.2, -0.15) is 0 Å². The summed E-state index contributed by atoms with van der Waals surface area (Å²) in [4.78, 5) is 0. The van der Waals surface area contributed by atoms with Crippen molar-refractivity contribution < 1.29 is 0 Å². The first-order valence-electron chi connectivity index (χ1n) is 6.47. The van der Waals surface area contributed by atoms with Gasteiger partial charge < -0.3 is 5.32 Å². The van der Waals surface area contributed by atoms with Crippen molar-refractivity contribution in [2.75, 3.05) is 6.54 Å². The minimum absolute atomic E-state index is 0.716. The third-order valence-electron chi connectivity index (χ3n) is 4.44. The van der Waals surface area contributed by atoms with Crippen LogP contribution >= 0.6 is 0 Å². The topological polar surface area (TPSA) is 12.0 Å². The molecule has 14 heavy (non-hydrogen) atoms. The zero-order chi connectivity index (χ0) is 10.0. The van der Waals surface area contributed by atoms with Crippen molar-refractivity contribution in [3.05, 3.63) is 0 Å². The van der Waals surface area contributed by atoms with E-state index in [0.29, 0.717) is 5.41 Å². The molecular formula is C13H25N. The number of nitrogens with one attached hydrogen (secondary N) is 1. The van der Waals surface area contributed by atoms with Gasteiger partial charge >= 0.3 is 0 Å². The maximum Gasteiger partial charge on any atom is 0.00415 e. The molecule has 0 aromatic carbocycles. The fourth-order valence-corrected chi connectivity index (χ4v) is 2.53. The van der Waals surface area contributed by atoms with Crippen LogP contribution in [0, 0.1) is 11.3 Å². The van der Waals surface area contributed by atoms with E-state index < -0.39 is 0 Å². The van der Waals surface area contributed by atoms with E-state index >= 15 is 0 Å². The number of hydrogen-bond donors (Lipinski definition) is 1. The summed E-state index contributed by atoms with van der Waals surface area (Å²) in [6.45, 7) is 5.98. The van der Waals surface area contributed by atoms with Crippen molar-refractivity contribution in [3.63, 3.8) is 0 Å². The van der Waals surface area contributed by atoms with Crippen LogP contribution in [0.25, 0.3) is 0 Å². The smallest absolute Gasteiger partial charge is 0.00415 e. The summed E-state index contributed by atoms with van der Waals surface area (Å²) >= 11 is 0. The van der Waals surface area contributed by atoms with E-state index in [9.17, 15) is 0 Å². The van der Waals surface area contributed by atoms with Crippen molar-refractivity contribution in [3.8, 4) is 0 Å². The molecule has 0 saturated heterocycles. The summed E-state index contributed by atoms with van der Waals surface area (Å²) in [5.41, 5.74) is 0.716. The molecule has 1 atom stereocenters. The highest BCUT2D eigenvalue weighted by atomic mass is 14.9. The van der Waals surface area contributed by atoms with Crippen LogP contribution in [-0.4, -0.2) is 12.6 Å². The highest BCUT2D eigenvalue weighted by Crippen LogP contribution is 2.48. The fourth-order valence-electron chi connectivity index (χ4n) is 2.53. The van der Waals surface area contributed by atoms with Crippen molar-refractivity contribution in [2.45, 2.75) is 64.8 Å². The SMILES string of the molecule is CCC1(CNC(C)CC2CCC2)CC1. The fraction of sp³-hybridized carbons (Fsp3) is 1.00. The van der Waals surface area contributed by atoms with Crippen molar-refractivity contribution in [1.82, 2.24) is 5.32 Å². The molecule has 0 spiro atoms. The molecular weight excluding hydrogens is 170 g/mol. The van der Waals surface area contributed by atoms with Crippen molar-refractivity contribution >= 4 is 0 Å². The van der Waals surface area contributed by atoms with Crippen LogP contribution in [0.4, 0.5) is 0 Å². The average molecular weight is 195 g/mol. The summed E-state index contributed by atoms with van der Waals surface area (Å²) in [7, 11) is 0. The molecule has 2 fully saturated rings. The quantitative estimate of drug-likeness (QED) is 0.685.